The topological polar surface area (TPSA) is 42.2 Å². The summed E-state index contributed by atoms with van der Waals surface area (Å²) in [5, 5.41) is 9.37. The smallest absolute Gasteiger partial charge is 0.127 e. The van der Waals surface area contributed by atoms with Gasteiger partial charge in [0.1, 0.15) is 17.3 Å². The Kier molecular flexibility index (Phi) is 4.78. The highest BCUT2D eigenvalue weighted by Crippen LogP contribution is 2.30. The fourth-order valence-corrected chi connectivity index (χ4v) is 2.24. The number of nitrogens with zero attached hydrogens (tertiary/aromatic N) is 1. The molecule has 0 aliphatic carbocycles. The quantitative estimate of drug-likeness (QED) is 0.841. The van der Waals surface area contributed by atoms with E-state index in [2.05, 4.69) is 6.07 Å². The fourth-order valence-electron chi connectivity index (χ4n) is 2.24. The van der Waals surface area contributed by atoms with Gasteiger partial charge in [-0.1, -0.05) is 18.2 Å². The third kappa shape index (κ3) is 3.32. The molecule has 0 saturated heterocycles. The van der Waals surface area contributed by atoms with Gasteiger partial charge in [0.25, 0.3) is 0 Å². The average molecular weight is 285 g/mol. The Morgan fingerprint density at radius 2 is 1.90 bits per heavy atom. The van der Waals surface area contributed by atoms with Gasteiger partial charge in [0.15, 0.2) is 0 Å². The molecule has 2 aromatic rings. The highest BCUT2D eigenvalue weighted by Gasteiger charge is 2.18. The number of halogens is 1. The Hall–Kier alpha value is -2.54. The predicted octanol–water partition coefficient (Wildman–Crippen LogP) is 3.69. The van der Waals surface area contributed by atoms with Crippen LogP contribution in [-0.2, 0) is 6.42 Å². The maximum Gasteiger partial charge on any atom is 0.127 e. The van der Waals surface area contributed by atoms with Crippen molar-refractivity contribution in [2.45, 2.75) is 12.3 Å². The summed E-state index contributed by atoms with van der Waals surface area (Å²) >= 11 is 0. The maximum absolute atomic E-state index is 13.9. The first-order chi connectivity index (χ1) is 10.2. The van der Waals surface area contributed by atoms with Gasteiger partial charge in [-0.05, 0) is 36.2 Å². The number of ether oxygens (including phenoxy) is 2. The molecule has 0 bridgehead atoms. The van der Waals surface area contributed by atoms with Crippen LogP contribution in [-0.4, -0.2) is 14.2 Å². The molecule has 0 aromatic heterocycles. The van der Waals surface area contributed by atoms with Gasteiger partial charge in [0.2, 0.25) is 0 Å². The lowest BCUT2D eigenvalue weighted by Gasteiger charge is -2.14. The standard InChI is InChI=1S/C17H16FNO2/c1-20-14-7-8-17(21-2)12(10-14)9-13(11-19)15-5-3-4-6-16(15)18/h3-8,10,13H,9H2,1-2H3. The molecule has 0 spiro atoms. The van der Waals surface area contributed by atoms with E-state index in [1.54, 1.807) is 44.6 Å². The van der Waals surface area contributed by atoms with Crippen molar-refractivity contribution < 1.29 is 13.9 Å². The van der Waals surface area contributed by atoms with E-state index in [1.807, 2.05) is 6.07 Å². The molecule has 108 valence electrons. The summed E-state index contributed by atoms with van der Waals surface area (Å²) in [4.78, 5) is 0. The molecule has 1 atom stereocenters. The second-order valence-corrected chi connectivity index (χ2v) is 4.59. The van der Waals surface area contributed by atoms with Crippen LogP contribution in [0.5, 0.6) is 11.5 Å². The van der Waals surface area contributed by atoms with Crippen molar-refractivity contribution in [2.75, 3.05) is 14.2 Å². The van der Waals surface area contributed by atoms with Crippen molar-refractivity contribution in [2.24, 2.45) is 0 Å². The summed E-state index contributed by atoms with van der Waals surface area (Å²) in [6.45, 7) is 0. The van der Waals surface area contributed by atoms with Crippen LogP contribution in [0.2, 0.25) is 0 Å². The van der Waals surface area contributed by atoms with Gasteiger partial charge in [-0.25, -0.2) is 4.39 Å². The summed E-state index contributed by atoms with van der Waals surface area (Å²) < 4.78 is 24.3. The lowest BCUT2D eigenvalue weighted by Crippen LogP contribution is -2.05. The molecule has 3 nitrogen and oxygen atoms in total. The molecule has 4 heteroatoms. The highest BCUT2D eigenvalue weighted by molar-refractivity contribution is 5.42. The molecular weight excluding hydrogens is 269 g/mol. The van der Waals surface area contributed by atoms with E-state index in [0.29, 0.717) is 23.5 Å². The van der Waals surface area contributed by atoms with Crippen molar-refractivity contribution in [3.05, 3.63) is 59.4 Å². The zero-order valence-corrected chi connectivity index (χ0v) is 12.0. The van der Waals surface area contributed by atoms with E-state index < -0.39 is 5.92 Å². The van der Waals surface area contributed by atoms with Crippen LogP contribution in [0.4, 0.5) is 4.39 Å². The molecule has 0 heterocycles. The molecule has 21 heavy (non-hydrogen) atoms. The normalized spacial score (nSPS) is 11.5. The van der Waals surface area contributed by atoms with E-state index in [-0.39, 0.29) is 5.82 Å². The summed E-state index contributed by atoms with van der Waals surface area (Å²) in [5.74, 6) is 0.390. The zero-order valence-electron chi connectivity index (χ0n) is 12.0. The summed E-state index contributed by atoms with van der Waals surface area (Å²) in [6, 6.07) is 13.9. The van der Waals surface area contributed by atoms with Gasteiger partial charge in [-0.3, -0.25) is 0 Å². The molecule has 0 radical (unpaired) electrons. The van der Waals surface area contributed by atoms with Gasteiger partial charge in [-0.15, -0.1) is 0 Å². The number of benzene rings is 2. The van der Waals surface area contributed by atoms with Crippen molar-refractivity contribution >= 4 is 0 Å². The number of hydrogen-bond donors (Lipinski definition) is 0. The Morgan fingerprint density at radius 3 is 2.52 bits per heavy atom. The van der Waals surface area contributed by atoms with E-state index in [9.17, 15) is 9.65 Å². The van der Waals surface area contributed by atoms with E-state index >= 15 is 0 Å². The Bertz CT molecular complexity index is 664. The summed E-state index contributed by atoms with van der Waals surface area (Å²) in [6.07, 6.45) is 0.359. The third-order valence-corrected chi connectivity index (χ3v) is 3.35. The van der Waals surface area contributed by atoms with Crippen molar-refractivity contribution in [1.29, 1.82) is 5.26 Å². The molecule has 0 aliphatic heterocycles. The molecule has 2 aromatic carbocycles. The molecule has 0 amide bonds. The van der Waals surface area contributed by atoms with Gasteiger partial charge in [0, 0.05) is 5.56 Å². The molecular formula is C17H16FNO2. The molecule has 1 unspecified atom stereocenters. The lowest BCUT2D eigenvalue weighted by molar-refractivity contribution is 0.398. The van der Waals surface area contributed by atoms with Crippen molar-refractivity contribution in [3.63, 3.8) is 0 Å². The van der Waals surface area contributed by atoms with Crippen LogP contribution in [0.15, 0.2) is 42.5 Å². The van der Waals surface area contributed by atoms with Gasteiger partial charge >= 0.3 is 0 Å². The first-order valence-electron chi connectivity index (χ1n) is 6.54. The van der Waals surface area contributed by atoms with Gasteiger partial charge < -0.3 is 9.47 Å². The summed E-state index contributed by atoms with van der Waals surface area (Å²) in [7, 11) is 3.14. The fraction of sp³-hybridized carbons (Fsp3) is 0.235. The minimum atomic E-state index is -0.577. The predicted molar refractivity (Wildman–Crippen MR) is 78.0 cm³/mol. The Balaban J connectivity index is 2.35. The van der Waals surface area contributed by atoms with Crippen LogP contribution in [0, 0.1) is 17.1 Å². The van der Waals surface area contributed by atoms with Crippen LogP contribution in [0.3, 0.4) is 0 Å². The van der Waals surface area contributed by atoms with E-state index in [1.165, 1.54) is 6.07 Å². The summed E-state index contributed by atoms with van der Waals surface area (Å²) in [5.41, 5.74) is 1.21. The average Bonchev–Trinajstić information content (AvgIpc) is 2.53. The molecule has 0 saturated carbocycles. The molecule has 0 fully saturated rings. The maximum atomic E-state index is 13.9. The van der Waals surface area contributed by atoms with Crippen LogP contribution in [0.25, 0.3) is 0 Å². The third-order valence-electron chi connectivity index (χ3n) is 3.35. The van der Waals surface area contributed by atoms with Crippen LogP contribution in [0.1, 0.15) is 17.0 Å². The van der Waals surface area contributed by atoms with E-state index in [4.69, 9.17) is 9.47 Å². The minimum Gasteiger partial charge on any atom is -0.497 e. The molecule has 0 aliphatic rings. The molecule has 0 N–H and O–H groups in total. The van der Waals surface area contributed by atoms with Gasteiger partial charge in [0.05, 0.1) is 26.2 Å². The lowest BCUT2D eigenvalue weighted by atomic mass is 9.92. The number of nitriles is 1. The second kappa shape index (κ2) is 6.76. The highest BCUT2D eigenvalue weighted by atomic mass is 19.1. The minimum absolute atomic E-state index is 0.359. The first-order valence-corrected chi connectivity index (χ1v) is 6.54. The number of hydrogen-bond acceptors (Lipinski definition) is 3. The molecule has 2 rings (SSSR count). The van der Waals surface area contributed by atoms with Crippen molar-refractivity contribution in [1.82, 2.24) is 0 Å². The van der Waals surface area contributed by atoms with Gasteiger partial charge in [-0.2, -0.15) is 5.26 Å². The Morgan fingerprint density at radius 1 is 1.14 bits per heavy atom. The second-order valence-electron chi connectivity index (χ2n) is 4.59. The van der Waals surface area contributed by atoms with Crippen molar-refractivity contribution in [3.8, 4) is 17.6 Å². The van der Waals surface area contributed by atoms with E-state index in [0.717, 1.165) is 5.56 Å². The monoisotopic (exact) mass is 285 g/mol. The SMILES string of the molecule is COc1ccc(OC)c(CC(C#N)c2ccccc2F)c1. The zero-order chi connectivity index (χ0) is 15.2. The first kappa shape index (κ1) is 14.9. The number of methoxy groups -OCH3 is 2. The van der Waals surface area contributed by atoms with Crippen LogP contribution < -0.4 is 9.47 Å². The van der Waals surface area contributed by atoms with Crippen LogP contribution >= 0.6 is 0 Å². The Labute approximate surface area is 123 Å². The largest absolute Gasteiger partial charge is 0.497 e. The number of rotatable bonds is 5.